The molecule has 1 atom stereocenters. The first-order chi connectivity index (χ1) is 10.9. The predicted octanol–water partition coefficient (Wildman–Crippen LogP) is 1.52. The summed E-state index contributed by atoms with van der Waals surface area (Å²) in [6, 6.07) is 6.25. The molecule has 2 N–H and O–H groups in total. The van der Waals surface area contributed by atoms with Gasteiger partial charge in [-0.2, -0.15) is 4.31 Å². The first-order valence-electron chi connectivity index (χ1n) is 7.58. The summed E-state index contributed by atoms with van der Waals surface area (Å²) in [6.07, 6.45) is 1.80. The third-order valence-corrected chi connectivity index (χ3v) is 6.70. The summed E-state index contributed by atoms with van der Waals surface area (Å²) in [5.41, 5.74) is 0.562. The second kappa shape index (κ2) is 8.14. The van der Waals surface area contributed by atoms with E-state index in [1.165, 1.54) is 28.2 Å². The maximum Gasteiger partial charge on any atom is 0.243 e. The fourth-order valence-electron chi connectivity index (χ4n) is 2.34. The van der Waals surface area contributed by atoms with Gasteiger partial charge in [-0.15, -0.1) is 11.8 Å². The Kier molecular flexibility index (Phi) is 6.46. The molecule has 1 aliphatic heterocycles. The molecule has 2 rings (SSSR count). The largest absolute Gasteiger partial charge is 0.396 e. The lowest BCUT2D eigenvalue weighted by Crippen LogP contribution is -2.28. The molecule has 1 amide bonds. The molecular formula is C15H22N2O4S2. The van der Waals surface area contributed by atoms with E-state index in [1.807, 2.05) is 0 Å². The van der Waals surface area contributed by atoms with Gasteiger partial charge in [-0.05, 0) is 44.0 Å². The number of hydrogen-bond acceptors (Lipinski definition) is 5. The summed E-state index contributed by atoms with van der Waals surface area (Å²) in [5.74, 6) is 0.334. The normalized spacial score (nSPS) is 17.1. The lowest BCUT2D eigenvalue weighted by Gasteiger charge is -2.16. The van der Waals surface area contributed by atoms with Crippen LogP contribution >= 0.6 is 11.8 Å². The lowest BCUT2D eigenvalue weighted by atomic mass is 10.3. The SMILES string of the molecule is C[C@@H](SCCO)C(=O)Nc1ccc(S(=O)(=O)N2CCCC2)cc1. The number of thioether (sulfide) groups is 1. The van der Waals surface area contributed by atoms with E-state index in [0.29, 0.717) is 24.5 Å². The Bertz CT molecular complexity index is 625. The summed E-state index contributed by atoms with van der Waals surface area (Å²) >= 11 is 1.36. The Balaban J connectivity index is 2.00. The van der Waals surface area contributed by atoms with Gasteiger partial charge in [-0.25, -0.2) is 8.42 Å². The van der Waals surface area contributed by atoms with Gasteiger partial charge in [0.1, 0.15) is 0 Å². The standard InChI is InChI=1S/C15H22N2O4S2/c1-12(22-11-10-18)15(19)16-13-4-6-14(7-5-13)23(20,21)17-8-2-3-9-17/h4-7,12,18H,2-3,8-11H2,1H3,(H,16,19)/t12-/m1/s1. The van der Waals surface area contributed by atoms with E-state index in [-0.39, 0.29) is 22.7 Å². The Morgan fingerprint density at radius 3 is 2.48 bits per heavy atom. The molecule has 1 fully saturated rings. The molecule has 128 valence electrons. The van der Waals surface area contributed by atoms with Gasteiger partial charge >= 0.3 is 0 Å². The van der Waals surface area contributed by atoms with Crippen LogP contribution in [0.2, 0.25) is 0 Å². The number of benzene rings is 1. The molecule has 0 aromatic heterocycles. The van der Waals surface area contributed by atoms with Crippen molar-refractivity contribution in [3.05, 3.63) is 24.3 Å². The Labute approximate surface area is 141 Å². The van der Waals surface area contributed by atoms with Crippen LogP contribution in [0, 0.1) is 0 Å². The number of anilines is 1. The number of nitrogens with one attached hydrogen (secondary N) is 1. The first kappa shape index (κ1) is 18.3. The van der Waals surface area contributed by atoms with Crippen LogP contribution in [0.3, 0.4) is 0 Å². The monoisotopic (exact) mass is 358 g/mol. The lowest BCUT2D eigenvalue weighted by molar-refractivity contribution is -0.115. The topological polar surface area (TPSA) is 86.7 Å². The number of aliphatic hydroxyl groups excluding tert-OH is 1. The minimum Gasteiger partial charge on any atom is -0.396 e. The molecule has 1 aromatic carbocycles. The second-order valence-electron chi connectivity index (χ2n) is 5.36. The van der Waals surface area contributed by atoms with Gasteiger partial charge in [0.05, 0.1) is 16.8 Å². The highest BCUT2D eigenvalue weighted by Gasteiger charge is 2.27. The van der Waals surface area contributed by atoms with Crippen molar-refractivity contribution in [1.82, 2.24) is 4.31 Å². The Morgan fingerprint density at radius 1 is 1.30 bits per heavy atom. The molecule has 1 heterocycles. The van der Waals surface area contributed by atoms with Gasteiger partial charge in [-0.1, -0.05) is 0 Å². The highest BCUT2D eigenvalue weighted by molar-refractivity contribution is 8.00. The van der Waals surface area contributed by atoms with Crippen molar-refractivity contribution in [1.29, 1.82) is 0 Å². The van der Waals surface area contributed by atoms with Gasteiger partial charge in [0.2, 0.25) is 15.9 Å². The van der Waals surface area contributed by atoms with Gasteiger partial charge in [0.25, 0.3) is 0 Å². The minimum absolute atomic E-state index is 0.0331. The van der Waals surface area contributed by atoms with E-state index in [0.717, 1.165) is 12.8 Å². The average molecular weight is 358 g/mol. The molecule has 1 aliphatic rings. The Hall–Kier alpha value is -1.09. The summed E-state index contributed by atoms with van der Waals surface area (Å²) in [4.78, 5) is 12.2. The van der Waals surface area contributed by atoms with E-state index < -0.39 is 10.0 Å². The number of rotatable bonds is 7. The molecule has 6 nitrogen and oxygen atoms in total. The van der Waals surface area contributed by atoms with E-state index in [9.17, 15) is 13.2 Å². The Morgan fingerprint density at radius 2 is 1.91 bits per heavy atom. The maximum atomic E-state index is 12.4. The van der Waals surface area contributed by atoms with Gasteiger partial charge in [0.15, 0.2) is 0 Å². The zero-order valence-electron chi connectivity index (χ0n) is 13.1. The molecule has 0 bridgehead atoms. The number of carbonyl (C=O) groups is 1. The number of nitrogens with zero attached hydrogens (tertiary/aromatic N) is 1. The smallest absolute Gasteiger partial charge is 0.243 e. The van der Waals surface area contributed by atoms with E-state index in [2.05, 4.69) is 5.32 Å². The van der Waals surface area contributed by atoms with Crippen molar-refractivity contribution in [2.75, 3.05) is 30.8 Å². The summed E-state index contributed by atoms with van der Waals surface area (Å²) in [7, 11) is -3.42. The number of amides is 1. The van der Waals surface area contributed by atoms with E-state index in [4.69, 9.17) is 5.11 Å². The zero-order valence-corrected chi connectivity index (χ0v) is 14.7. The molecule has 0 radical (unpaired) electrons. The molecule has 1 aromatic rings. The fraction of sp³-hybridized carbons (Fsp3) is 0.533. The number of hydrogen-bond donors (Lipinski definition) is 2. The van der Waals surface area contributed by atoms with Crippen LogP contribution in [-0.4, -0.2) is 54.4 Å². The fourth-order valence-corrected chi connectivity index (χ4v) is 4.52. The van der Waals surface area contributed by atoms with Crippen molar-refractivity contribution in [3.63, 3.8) is 0 Å². The molecular weight excluding hydrogens is 336 g/mol. The van der Waals surface area contributed by atoms with Crippen LogP contribution in [0.5, 0.6) is 0 Å². The highest BCUT2D eigenvalue weighted by atomic mass is 32.2. The van der Waals surface area contributed by atoms with Crippen molar-refractivity contribution < 1.29 is 18.3 Å². The van der Waals surface area contributed by atoms with Crippen molar-refractivity contribution in [3.8, 4) is 0 Å². The van der Waals surface area contributed by atoms with E-state index in [1.54, 1.807) is 19.1 Å². The zero-order chi connectivity index (χ0) is 16.9. The van der Waals surface area contributed by atoms with Crippen LogP contribution in [0.25, 0.3) is 0 Å². The van der Waals surface area contributed by atoms with Crippen molar-refractivity contribution in [2.45, 2.75) is 29.9 Å². The van der Waals surface area contributed by atoms with Gasteiger partial charge in [0, 0.05) is 24.5 Å². The maximum absolute atomic E-state index is 12.4. The first-order valence-corrected chi connectivity index (χ1v) is 10.1. The predicted molar refractivity (Wildman–Crippen MR) is 92.1 cm³/mol. The summed E-state index contributed by atoms with van der Waals surface area (Å²) < 4.78 is 26.3. The molecule has 1 saturated heterocycles. The quantitative estimate of drug-likeness (QED) is 0.772. The average Bonchev–Trinajstić information content (AvgIpc) is 3.08. The molecule has 23 heavy (non-hydrogen) atoms. The second-order valence-corrected chi connectivity index (χ2v) is 8.75. The van der Waals surface area contributed by atoms with Gasteiger partial charge < -0.3 is 10.4 Å². The summed E-state index contributed by atoms with van der Waals surface area (Å²) in [5, 5.41) is 11.2. The van der Waals surface area contributed by atoms with Crippen molar-refractivity contribution in [2.24, 2.45) is 0 Å². The van der Waals surface area contributed by atoms with Crippen LogP contribution < -0.4 is 5.32 Å². The van der Waals surface area contributed by atoms with Crippen LogP contribution in [0.15, 0.2) is 29.2 Å². The van der Waals surface area contributed by atoms with Crippen molar-refractivity contribution >= 4 is 33.4 Å². The van der Waals surface area contributed by atoms with Crippen LogP contribution in [-0.2, 0) is 14.8 Å². The number of sulfonamides is 1. The van der Waals surface area contributed by atoms with Crippen LogP contribution in [0.1, 0.15) is 19.8 Å². The molecule has 0 spiro atoms. The molecule has 0 unspecified atom stereocenters. The highest BCUT2D eigenvalue weighted by Crippen LogP contribution is 2.22. The number of aliphatic hydroxyl groups is 1. The molecule has 8 heteroatoms. The molecule has 0 aliphatic carbocycles. The van der Waals surface area contributed by atoms with Crippen LogP contribution in [0.4, 0.5) is 5.69 Å². The molecule has 0 saturated carbocycles. The minimum atomic E-state index is -3.42. The third kappa shape index (κ3) is 4.69. The van der Waals surface area contributed by atoms with E-state index >= 15 is 0 Å². The summed E-state index contributed by atoms with van der Waals surface area (Å²) in [6.45, 7) is 2.94. The van der Waals surface area contributed by atoms with Gasteiger partial charge in [-0.3, -0.25) is 4.79 Å². The number of carbonyl (C=O) groups excluding carboxylic acids is 1. The third-order valence-electron chi connectivity index (χ3n) is 3.65.